The minimum Gasteiger partial charge on any atom is -0.480 e. The van der Waals surface area contributed by atoms with Crippen LogP contribution in [0.2, 0.25) is 5.02 Å². The average Bonchev–Trinajstić information content (AvgIpc) is 3.35. The van der Waals surface area contributed by atoms with Crippen LogP contribution in [0.5, 0.6) is 5.88 Å². The van der Waals surface area contributed by atoms with E-state index in [1.807, 2.05) is 0 Å². The molecule has 0 aliphatic heterocycles. The summed E-state index contributed by atoms with van der Waals surface area (Å²) in [5, 5.41) is 11.6. The van der Waals surface area contributed by atoms with Gasteiger partial charge in [-0.2, -0.15) is 4.98 Å². The largest absolute Gasteiger partial charge is 0.480 e. The highest BCUT2D eigenvalue weighted by Crippen LogP contribution is 2.33. The number of hydrogen-bond donors (Lipinski definition) is 2. The summed E-state index contributed by atoms with van der Waals surface area (Å²) in [5.41, 5.74) is 1.42. The highest BCUT2D eigenvalue weighted by molar-refractivity contribution is 7.92. The Labute approximate surface area is 203 Å². The Morgan fingerprint density at radius 3 is 2.69 bits per heavy atom. The third kappa shape index (κ3) is 4.04. The maximum absolute atomic E-state index is 15.0. The van der Waals surface area contributed by atoms with Crippen molar-refractivity contribution in [2.75, 3.05) is 24.2 Å². The Balaban J connectivity index is 1.63. The lowest BCUT2D eigenvalue weighted by atomic mass is 10.0. The molecule has 0 aliphatic rings. The van der Waals surface area contributed by atoms with Gasteiger partial charge in [-0.3, -0.25) is 9.12 Å². The molecule has 5 rings (SSSR count). The molecule has 11 nitrogen and oxygen atoms in total. The molecule has 4 aromatic heterocycles. The summed E-state index contributed by atoms with van der Waals surface area (Å²) >= 11 is 5.93. The van der Waals surface area contributed by atoms with E-state index in [1.165, 1.54) is 37.8 Å². The summed E-state index contributed by atoms with van der Waals surface area (Å²) in [6.45, 7) is 0. The van der Waals surface area contributed by atoms with Crippen LogP contribution in [0, 0.1) is 5.82 Å². The fraction of sp³-hybridized carbons (Fsp3) is 0.0952. The van der Waals surface area contributed by atoms with E-state index in [0.29, 0.717) is 28.2 Å². The predicted molar refractivity (Wildman–Crippen MR) is 128 cm³/mol. The number of benzene rings is 1. The molecule has 1 aromatic carbocycles. The first-order valence-electron chi connectivity index (χ1n) is 10.0. The van der Waals surface area contributed by atoms with Crippen LogP contribution in [0.15, 0.2) is 53.9 Å². The Bertz CT molecular complexity index is 1710. The number of hydrogen-bond acceptors (Lipinski definition) is 9. The molecule has 14 heteroatoms. The molecule has 0 unspecified atom stereocenters. The van der Waals surface area contributed by atoms with Gasteiger partial charge in [0.15, 0.2) is 16.2 Å². The lowest BCUT2D eigenvalue weighted by Gasteiger charge is -2.13. The normalized spacial score (nSPS) is 11.7. The van der Waals surface area contributed by atoms with Gasteiger partial charge >= 0.3 is 0 Å². The number of methoxy groups -OCH3 is 1. The van der Waals surface area contributed by atoms with E-state index in [9.17, 15) is 8.42 Å². The van der Waals surface area contributed by atoms with E-state index in [1.54, 1.807) is 23.7 Å². The molecule has 0 saturated heterocycles. The molecule has 0 atom stereocenters. The fourth-order valence-electron chi connectivity index (χ4n) is 3.55. The summed E-state index contributed by atoms with van der Waals surface area (Å²) in [6.07, 6.45) is 4.30. The van der Waals surface area contributed by atoms with Crippen LogP contribution < -0.4 is 14.8 Å². The second-order valence-corrected chi connectivity index (χ2v) is 9.35. The zero-order valence-corrected chi connectivity index (χ0v) is 19.8. The molecule has 35 heavy (non-hydrogen) atoms. The maximum atomic E-state index is 15.0. The summed E-state index contributed by atoms with van der Waals surface area (Å²) in [6, 6.07) is 6.68. The first-order valence-corrected chi connectivity index (χ1v) is 11.9. The van der Waals surface area contributed by atoms with E-state index in [-0.39, 0.29) is 27.0 Å². The van der Waals surface area contributed by atoms with Gasteiger partial charge in [0.1, 0.15) is 12.1 Å². The van der Waals surface area contributed by atoms with Gasteiger partial charge in [-0.25, -0.2) is 22.8 Å². The van der Waals surface area contributed by atoms with Crippen LogP contribution in [0.25, 0.3) is 27.8 Å². The van der Waals surface area contributed by atoms with Gasteiger partial charge in [-0.1, -0.05) is 11.6 Å². The van der Waals surface area contributed by atoms with Crippen LogP contribution in [0.3, 0.4) is 0 Å². The van der Waals surface area contributed by atoms with Crippen molar-refractivity contribution in [3.63, 3.8) is 0 Å². The van der Waals surface area contributed by atoms with Crippen molar-refractivity contribution in [1.82, 2.24) is 29.5 Å². The molecule has 0 saturated carbocycles. The summed E-state index contributed by atoms with van der Waals surface area (Å²) < 4.78 is 50.2. The molecule has 5 aromatic rings. The minimum atomic E-state index is -4.17. The van der Waals surface area contributed by atoms with Crippen LogP contribution in [-0.2, 0) is 10.0 Å². The van der Waals surface area contributed by atoms with Gasteiger partial charge < -0.3 is 10.1 Å². The molecule has 2 N–H and O–H groups in total. The maximum Gasteiger partial charge on any atom is 0.267 e. The topological polar surface area (TPSA) is 136 Å². The molecule has 0 aliphatic carbocycles. The number of anilines is 2. The molecule has 0 fully saturated rings. The summed E-state index contributed by atoms with van der Waals surface area (Å²) in [7, 11) is -1.19. The van der Waals surface area contributed by atoms with Crippen LogP contribution >= 0.6 is 11.6 Å². The number of nitrogens with zero attached hydrogens (tertiary/aromatic N) is 6. The van der Waals surface area contributed by atoms with Crippen LogP contribution in [0.4, 0.5) is 16.0 Å². The van der Waals surface area contributed by atoms with Crippen LogP contribution in [0.1, 0.15) is 0 Å². The van der Waals surface area contributed by atoms with E-state index in [4.69, 9.17) is 16.3 Å². The third-order valence-electron chi connectivity index (χ3n) is 5.11. The molecular formula is C21H16ClFN8O3S. The Hall–Kier alpha value is -4.10. The van der Waals surface area contributed by atoms with Crippen molar-refractivity contribution >= 4 is 49.9 Å². The number of sulfonamides is 1. The smallest absolute Gasteiger partial charge is 0.267 e. The number of pyridine rings is 2. The van der Waals surface area contributed by atoms with Crippen molar-refractivity contribution in [3.05, 3.63) is 59.9 Å². The Morgan fingerprint density at radius 1 is 1.09 bits per heavy atom. The van der Waals surface area contributed by atoms with Crippen molar-refractivity contribution in [2.24, 2.45) is 0 Å². The van der Waals surface area contributed by atoms with Crippen molar-refractivity contribution < 1.29 is 17.5 Å². The minimum absolute atomic E-state index is 0.0963. The fourth-order valence-corrected chi connectivity index (χ4v) is 4.97. The highest BCUT2D eigenvalue weighted by atomic mass is 35.5. The Kier molecular flexibility index (Phi) is 5.57. The average molecular weight is 515 g/mol. The SMILES string of the molecule is CNc1ncc2cc(-c3cc(NS(=O)(=O)c4cc(Cl)cnc4OC)ccc3F)c3nncn3c2n1. The van der Waals surface area contributed by atoms with Crippen molar-refractivity contribution in [1.29, 1.82) is 0 Å². The van der Waals surface area contributed by atoms with Gasteiger partial charge in [0.2, 0.25) is 11.8 Å². The number of fused-ring (bicyclic) bond motifs is 3. The Morgan fingerprint density at radius 2 is 1.91 bits per heavy atom. The van der Waals surface area contributed by atoms with E-state index < -0.39 is 15.8 Å². The van der Waals surface area contributed by atoms with E-state index in [0.717, 1.165) is 6.07 Å². The summed E-state index contributed by atoms with van der Waals surface area (Å²) in [4.78, 5) is 12.3. The van der Waals surface area contributed by atoms with Gasteiger partial charge in [0, 0.05) is 41.6 Å². The zero-order valence-electron chi connectivity index (χ0n) is 18.2. The molecular weight excluding hydrogens is 499 g/mol. The molecule has 0 radical (unpaired) electrons. The third-order valence-corrected chi connectivity index (χ3v) is 6.70. The first-order chi connectivity index (χ1) is 16.8. The van der Waals surface area contributed by atoms with E-state index in [2.05, 4.69) is 35.2 Å². The molecule has 0 bridgehead atoms. The van der Waals surface area contributed by atoms with Gasteiger partial charge in [0.25, 0.3) is 10.0 Å². The summed E-state index contributed by atoms with van der Waals surface area (Å²) in [5.74, 6) is -0.328. The van der Waals surface area contributed by atoms with Gasteiger partial charge in [-0.15, -0.1) is 10.2 Å². The standard InChI is InChI=1S/C21H16ClFN8O3S/c1-24-21-26-8-11-5-15(19-29-27-10-31(19)18(11)28-21)14-7-13(3-4-16(14)23)30-35(32,33)17-6-12(22)9-25-20(17)34-2/h3-10,30H,1-2H3,(H,24,26,28). The second-order valence-electron chi connectivity index (χ2n) is 7.27. The monoisotopic (exact) mass is 514 g/mol. The molecule has 4 heterocycles. The van der Waals surface area contributed by atoms with Gasteiger partial charge in [-0.05, 0) is 30.3 Å². The lowest BCUT2D eigenvalue weighted by molar-refractivity contribution is 0.385. The van der Waals surface area contributed by atoms with Crippen LogP contribution in [-0.4, -0.2) is 52.1 Å². The first kappa shape index (κ1) is 22.7. The molecule has 0 amide bonds. The van der Waals surface area contributed by atoms with Crippen molar-refractivity contribution in [2.45, 2.75) is 4.90 Å². The van der Waals surface area contributed by atoms with Crippen molar-refractivity contribution in [3.8, 4) is 17.0 Å². The highest BCUT2D eigenvalue weighted by Gasteiger charge is 2.23. The number of rotatable bonds is 6. The lowest BCUT2D eigenvalue weighted by Crippen LogP contribution is -2.15. The second kappa shape index (κ2) is 8.60. The number of halogens is 2. The quantitative estimate of drug-likeness (QED) is 0.349. The zero-order chi connectivity index (χ0) is 24.7. The number of ether oxygens (including phenoxy) is 1. The van der Waals surface area contributed by atoms with Gasteiger partial charge in [0.05, 0.1) is 12.1 Å². The number of aromatic nitrogens is 6. The number of nitrogens with one attached hydrogen (secondary N) is 2. The molecule has 0 spiro atoms. The predicted octanol–water partition coefficient (Wildman–Crippen LogP) is 3.38. The molecule has 178 valence electrons. The van der Waals surface area contributed by atoms with E-state index >= 15 is 4.39 Å².